The number of rotatable bonds is 7. The lowest BCUT2D eigenvalue weighted by Crippen LogP contribution is -2.48. The zero-order valence-electron chi connectivity index (χ0n) is 13.7. The van der Waals surface area contributed by atoms with E-state index in [0.29, 0.717) is 25.8 Å². The fraction of sp³-hybridized carbons (Fsp3) is 0.389. The van der Waals surface area contributed by atoms with Gasteiger partial charge >= 0.3 is 5.97 Å². The minimum absolute atomic E-state index is 0.144. The van der Waals surface area contributed by atoms with E-state index in [0.717, 1.165) is 5.56 Å². The lowest BCUT2D eigenvalue weighted by molar-refractivity contribution is -0.141. The maximum Gasteiger partial charge on any atom is 0.322 e. The van der Waals surface area contributed by atoms with E-state index in [2.05, 4.69) is 5.32 Å². The molecule has 6 nitrogen and oxygen atoms in total. The zero-order chi connectivity index (χ0) is 18.2. The second-order valence-corrected chi connectivity index (χ2v) is 6.11. The second kappa shape index (κ2) is 9.22. The van der Waals surface area contributed by atoms with E-state index in [-0.39, 0.29) is 5.91 Å². The first-order chi connectivity index (χ1) is 12.0. The van der Waals surface area contributed by atoms with Gasteiger partial charge in [0.05, 0.1) is 5.92 Å². The number of carbonyl (C=O) groups excluding carboxylic acids is 2. The molecule has 2 N–H and O–H groups in total. The first-order valence-electron chi connectivity index (χ1n) is 8.14. The molecule has 2 atom stereocenters. The summed E-state index contributed by atoms with van der Waals surface area (Å²) in [7, 11) is 0. The Morgan fingerprint density at radius 2 is 2.04 bits per heavy atom. The highest BCUT2D eigenvalue weighted by Crippen LogP contribution is 2.28. The van der Waals surface area contributed by atoms with Crippen molar-refractivity contribution >= 4 is 29.4 Å². The third-order valence-electron chi connectivity index (χ3n) is 4.21. The van der Waals surface area contributed by atoms with Crippen LogP contribution in [0.4, 0.5) is 0 Å². The van der Waals surface area contributed by atoms with Crippen molar-refractivity contribution in [1.29, 1.82) is 0 Å². The molecule has 0 spiro atoms. The number of aliphatic carboxylic acids is 1. The molecule has 2 rings (SSSR count). The number of carboxylic acid groups (broad SMARTS) is 1. The second-order valence-electron chi connectivity index (χ2n) is 5.86. The fourth-order valence-corrected chi connectivity index (χ4v) is 3.14. The van der Waals surface area contributed by atoms with Gasteiger partial charge in [0, 0.05) is 12.1 Å². The Morgan fingerprint density at radius 1 is 1.32 bits per heavy atom. The number of nitrogens with one attached hydrogen (secondary N) is 1. The topological polar surface area (TPSA) is 86.7 Å². The molecule has 134 valence electrons. The van der Waals surface area contributed by atoms with Crippen molar-refractivity contribution in [1.82, 2.24) is 10.2 Å². The molecule has 0 aromatic heterocycles. The largest absolute Gasteiger partial charge is 0.480 e. The number of benzene rings is 1. The Kier molecular flexibility index (Phi) is 7.01. The molecule has 1 aliphatic rings. The molecule has 1 aromatic rings. The molecule has 0 bridgehead atoms. The first kappa shape index (κ1) is 19.0. The van der Waals surface area contributed by atoms with Crippen LogP contribution in [-0.4, -0.2) is 46.9 Å². The average Bonchev–Trinajstić information content (AvgIpc) is 3.10. The summed E-state index contributed by atoms with van der Waals surface area (Å²) < 4.78 is 0. The van der Waals surface area contributed by atoms with Gasteiger partial charge in [-0.3, -0.25) is 14.4 Å². The number of halogens is 1. The highest BCUT2D eigenvalue weighted by molar-refractivity contribution is 6.25. The highest BCUT2D eigenvalue weighted by atomic mass is 35.5. The van der Waals surface area contributed by atoms with Crippen molar-refractivity contribution in [3.05, 3.63) is 47.5 Å². The van der Waals surface area contributed by atoms with Crippen molar-refractivity contribution in [3.8, 4) is 0 Å². The summed E-state index contributed by atoms with van der Waals surface area (Å²) in [4.78, 5) is 37.5. The molecule has 0 saturated carbocycles. The van der Waals surface area contributed by atoms with Gasteiger partial charge in [0.1, 0.15) is 12.6 Å². The monoisotopic (exact) mass is 364 g/mol. The summed E-state index contributed by atoms with van der Waals surface area (Å²) in [5.74, 6) is -2.11. The number of allylic oxidation sites excluding steroid dienone is 1. The van der Waals surface area contributed by atoms with E-state index >= 15 is 0 Å². The van der Waals surface area contributed by atoms with Crippen LogP contribution in [0.3, 0.4) is 0 Å². The molecular weight excluding hydrogens is 344 g/mol. The minimum Gasteiger partial charge on any atom is -0.480 e. The van der Waals surface area contributed by atoms with Gasteiger partial charge in [-0.2, -0.15) is 0 Å². The molecule has 2 amide bonds. The summed E-state index contributed by atoms with van der Waals surface area (Å²) in [5, 5.41) is 11.1. The van der Waals surface area contributed by atoms with Crippen molar-refractivity contribution in [3.63, 3.8) is 0 Å². The number of likely N-dealkylation sites (tertiary alicyclic amines) is 1. The molecule has 0 radical (unpaired) electrons. The SMILES string of the molecule is O=C(O)CNC(=O)[C@@H]1CCCN1C(=O)C(C/C=C/Cl)c1ccccc1. The molecular formula is C18H21ClN2O4. The Morgan fingerprint density at radius 3 is 2.68 bits per heavy atom. The average molecular weight is 365 g/mol. The molecule has 25 heavy (non-hydrogen) atoms. The van der Waals surface area contributed by atoms with Crippen LogP contribution in [0.5, 0.6) is 0 Å². The molecule has 1 unspecified atom stereocenters. The van der Waals surface area contributed by atoms with E-state index in [9.17, 15) is 14.4 Å². The van der Waals surface area contributed by atoms with Gasteiger partial charge < -0.3 is 15.3 Å². The third-order valence-corrected chi connectivity index (χ3v) is 4.39. The Labute approximate surface area is 151 Å². The third kappa shape index (κ3) is 5.06. The lowest BCUT2D eigenvalue weighted by atomic mass is 9.94. The Bertz CT molecular complexity index is 648. The number of carbonyl (C=O) groups is 3. The standard InChI is InChI=1S/C18H21ClN2O4/c19-10-4-8-14(13-6-2-1-3-7-13)18(25)21-11-5-9-15(21)17(24)20-12-16(22)23/h1-4,6-7,10,14-15H,5,8-9,11-12H2,(H,20,24)(H,22,23)/b10-4+/t14?,15-/m0/s1. The first-order valence-corrected chi connectivity index (χ1v) is 8.58. The van der Waals surface area contributed by atoms with E-state index in [1.165, 1.54) is 5.54 Å². The smallest absolute Gasteiger partial charge is 0.322 e. The van der Waals surface area contributed by atoms with Crippen molar-refractivity contribution < 1.29 is 19.5 Å². The zero-order valence-corrected chi connectivity index (χ0v) is 14.5. The van der Waals surface area contributed by atoms with E-state index in [4.69, 9.17) is 16.7 Å². The molecule has 0 aliphatic carbocycles. The van der Waals surface area contributed by atoms with Crippen LogP contribution < -0.4 is 5.32 Å². The number of amides is 2. The van der Waals surface area contributed by atoms with Crippen molar-refractivity contribution in [2.24, 2.45) is 0 Å². The van der Waals surface area contributed by atoms with Crippen LogP contribution in [0.25, 0.3) is 0 Å². The lowest BCUT2D eigenvalue weighted by Gasteiger charge is -2.28. The predicted octanol–water partition coefficient (Wildman–Crippen LogP) is 2.10. The van der Waals surface area contributed by atoms with Gasteiger partial charge in [-0.15, -0.1) is 0 Å². The molecule has 1 heterocycles. The van der Waals surface area contributed by atoms with Gasteiger partial charge in [-0.25, -0.2) is 0 Å². The summed E-state index contributed by atoms with van der Waals surface area (Å²) in [6.45, 7) is 0.0341. The Hall–Kier alpha value is -2.34. The quantitative estimate of drug-likeness (QED) is 0.775. The van der Waals surface area contributed by atoms with Gasteiger partial charge in [0.15, 0.2) is 0 Å². The Balaban J connectivity index is 2.16. The van der Waals surface area contributed by atoms with E-state index in [1.807, 2.05) is 30.3 Å². The minimum atomic E-state index is -1.11. The molecule has 1 aromatic carbocycles. The predicted molar refractivity (Wildman–Crippen MR) is 94.2 cm³/mol. The van der Waals surface area contributed by atoms with Gasteiger partial charge in [-0.05, 0) is 24.8 Å². The van der Waals surface area contributed by atoms with Gasteiger partial charge in [0.25, 0.3) is 0 Å². The normalized spacial score (nSPS) is 18.3. The van der Waals surface area contributed by atoms with Crippen molar-refractivity contribution in [2.75, 3.05) is 13.1 Å². The number of nitrogens with zero attached hydrogens (tertiary/aromatic N) is 1. The summed E-state index contributed by atoms with van der Waals surface area (Å²) in [6, 6.07) is 8.72. The van der Waals surface area contributed by atoms with E-state index in [1.54, 1.807) is 11.0 Å². The van der Waals surface area contributed by atoms with Crippen molar-refractivity contribution in [2.45, 2.75) is 31.2 Å². The van der Waals surface area contributed by atoms with Crippen LogP contribution in [0.1, 0.15) is 30.7 Å². The van der Waals surface area contributed by atoms with Crippen LogP contribution >= 0.6 is 11.6 Å². The number of hydrogen-bond acceptors (Lipinski definition) is 3. The molecule has 1 aliphatic heterocycles. The molecule has 1 saturated heterocycles. The van der Waals surface area contributed by atoms with Crippen LogP contribution in [-0.2, 0) is 14.4 Å². The maximum atomic E-state index is 13.1. The number of hydrogen-bond donors (Lipinski definition) is 2. The van der Waals surface area contributed by atoms with Crippen LogP contribution in [0, 0.1) is 0 Å². The fourth-order valence-electron chi connectivity index (χ4n) is 3.04. The van der Waals surface area contributed by atoms with Crippen LogP contribution in [0.2, 0.25) is 0 Å². The summed E-state index contributed by atoms with van der Waals surface area (Å²) in [5.41, 5.74) is 2.24. The summed E-state index contributed by atoms with van der Waals surface area (Å²) in [6.07, 6.45) is 3.40. The number of carboxylic acids is 1. The highest BCUT2D eigenvalue weighted by Gasteiger charge is 2.37. The summed E-state index contributed by atoms with van der Waals surface area (Å²) >= 11 is 5.62. The maximum absolute atomic E-state index is 13.1. The van der Waals surface area contributed by atoms with Gasteiger partial charge in [-0.1, -0.05) is 48.0 Å². The van der Waals surface area contributed by atoms with Gasteiger partial charge in [0.2, 0.25) is 11.8 Å². The molecule has 7 heteroatoms. The van der Waals surface area contributed by atoms with Crippen LogP contribution in [0.15, 0.2) is 41.9 Å². The van der Waals surface area contributed by atoms with E-state index < -0.39 is 30.4 Å². The molecule has 1 fully saturated rings.